The molecule has 25 heavy (non-hydrogen) atoms. The van der Waals surface area contributed by atoms with Crippen LogP contribution < -0.4 is 10.2 Å². The lowest BCUT2D eigenvalue weighted by molar-refractivity contribution is -0.899. The van der Waals surface area contributed by atoms with Crippen molar-refractivity contribution in [2.75, 3.05) is 31.6 Å². The number of nitrogens with zero attached hydrogens (tertiary/aromatic N) is 2. The van der Waals surface area contributed by atoms with Crippen molar-refractivity contribution in [3.05, 3.63) is 12.3 Å². The number of esters is 1. The summed E-state index contributed by atoms with van der Waals surface area (Å²) >= 11 is 0. The number of aromatic nitrogens is 2. The highest BCUT2D eigenvalue weighted by atomic mass is 16.5. The molecule has 2 N–H and O–H groups in total. The smallest absolute Gasteiger partial charge is 0.314 e. The van der Waals surface area contributed by atoms with Crippen LogP contribution in [0.25, 0.3) is 0 Å². The Morgan fingerprint density at radius 3 is 2.88 bits per heavy atom. The third kappa shape index (κ3) is 4.60. The van der Waals surface area contributed by atoms with Gasteiger partial charge in [0, 0.05) is 6.07 Å². The molecule has 1 aliphatic carbocycles. The molecule has 1 unspecified atom stereocenters. The molecule has 1 aliphatic heterocycles. The number of quaternary nitrogens is 1. The van der Waals surface area contributed by atoms with E-state index < -0.39 is 0 Å². The zero-order valence-corrected chi connectivity index (χ0v) is 15.0. The van der Waals surface area contributed by atoms with Crippen molar-refractivity contribution in [3.8, 4) is 0 Å². The van der Waals surface area contributed by atoms with Gasteiger partial charge in [0.05, 0.1) is 31.9 Å². The van der Waals surface area contributed by atoms with Crippen LogP contribution in [0.2, 0.25) is 0 Å². The first-order chi connectivity index (χ1) is 12.2. The lowest BCUT2D eigenvalue weighted by atomic mass is 9.98. The molecule has 7 nitrogen and oxygen atoms in total. The maximum Gasteiger partial charge on any atom is 0.314 e. The van der Waals surface area contributed by atoms with Gasteiger partial charge in [-0.3, -0.25) is 9.59 Å². The second-order valence-corrected chi connectivity index (χ2v) is 7.12. The highest BCUT2D eigenvalue weighted by Crippen LogP contribution is 2.31. The molecule has 3 rings (SSSR count). The lowest BCUT2D eigenvalue weighted by Crippen LogP contribution is -3.14. The van der Waals surface area contributed by atoms with Gasteiger partial charge in [-0.25, -0.2) is 4.68 Å². The van der Waals surface area contributed by atoms with Gasteiger partial charge >= 0.3 is 5.97 Å². The van der Waals surface area contributed by atoms with Gasteiger partial charge in [-0.1, -0.05) is 12.8 Å². The average Bonchev–Trinajstić information content (AvgIpc) is 3.26. The van der Waals surface area contributed by atoms with Crippen molar-refractivity contribution in [2.45, 2.75) is 51.5 Å². The molecule has 1 saturated carbocycles. The molecule has 2 heterocycles. The number of likely N-dealkylation sites (tertiary alicyclic amines) is 1. The summed E-state index contributed by atoms with van der Waals surface area (Å²) in [6.45, 7) is 4.22. The largest absolute Gasteiger partial charge is 0.466 e. The molecule has 1 saturated heterocycles. The fourth-order valence-electron chi connectivity index (χ4n) is 4.04. The molecule has 2 atom stereocenters. The Balaban J connectivity index is 1.52. The monoisotopic (exact) mass is 349 g/mol. The predicted octanol–water partition coefficient (Wildman–Crippen LogP) is 0.795. The van der Waals surface area contributed by atoms with Gasteiger partial charge in [-0.15, -0.1) is 0 Å². The second kappa shape index (κ2) is 8.47. The number of rotatable bonds is 6. The normalized spacial score (nSPS) is 24.2. The number of carbonyl (C=O) groups excluding carboxylic acids is 2. The minimum Gasteiger partial charge on any atom is -0.466 e. The Morgan fingerprint density at radius 1 is 1.32 bits per heavy atom. The van der Waals surface area contributed by atoms with Crippen LogP contribution in [0.3, 0.4) is 0 Å². The van der Waals surface area contributed by atoms with Crippen LogP contribution in [0.4, 0.5) is 5.82 Å². The van der Waals surface area contributed by atoms with E-state index in [2.05, 4.69) is 10.4 Å². The van der Waals surface area contributed by atoms with E-state index in [4.69, 9.17) is 4.74 Å². The highest BCUT2D eigenvalue weighted by Gasteiger charge is 2.31. The maximum atomic E-state index is 12.5. The number of amides is 1. The number of anilines is 1. The predicted molar refractivity (Wildman–Crippen MR) is 93.3 cm³/mol. The van der Waals surface area contributed by atoms with Crippen LogP contribution in [0.15, 0.2) is 12.3 Å². The van der Waals surface area contributed by atoms with E-state index in [9.17, 15) is 9.59 Å². The zero-order valence-electron chi connectivity index (χ0n) is 15.0. The summed E-state index contributed by atoms with van der Waals surface area (Å²) in [5.74, 6) is 0.564. The first-order valence-corrected chi connectivity index (χ1v) is 9.51. The Kier molecular flexibility index (Phi) is 6.07. The first-order valence-electron chi connectivity index (χ1n) is 9.51. The van der Waals surface area contributed by atoms with E-state index >= 15 is 0 Å². The van der Waals surface area contributed by atoms with Crippen LogP contribution in [-0.4, -0.2) is 47.9 Å². The van der Waals surface area contributed by atoms with Crippen LogP contribution in [0.1, 0.15) is 51.5 Å². The van der Waals surface area contributed by atoms with Gasteiger partial charge in [0.2, 0.25) is 0 Å². The number of carbonyl (C=O) groups is 2. The van der Waals surface area contributed by atoms with E-state index in [0.717, 1.165) is 42.9 Å². The third-order valence-electron chi connectivity index (χ3n) is 5.26. The van der Waals surface area contributed by atoms with Crippen LogP contribution in [0, 0.1) is 5.92 Å². The van der Waals surface area contributed by atoms with E-state index in [1.807, 2.05) is 17.7 Å². The van der Waals surface area contributed by atoms with Gasteiger partial charge in [0.15, 0.2) is 6.54 Å². The van der Waals surface area contributed by atoms with Gasteiger partial charge in [0.25, 0.3) is 5.91 Å². The second-order valence-electron chi connectivity index (χ2n) is 7.12. The van der Waals surface area contributed by atoms with Gasteiger partial charge in [-0.2, -0.15) is 5.10 Å². The number of ether oxygens (including phenoxy) is 1. The number of hydrogen-bond donors (Lipinski definition) is 2. The molecule has 7 heteroatoms. The van der Waals surface area contributed by atoms with Crippen molar-refractivity contribution in [3.63, 3.8) is 0 Å². The summed E-state index contributed by atoms with van der Waals surface area (Å²) < 4.78 is 7.08. The van der Waals surface area contributed by atoms with Crippen molar-refractivity contribution in [1.29, 1.82) is 0 Å². The third-order valence-corrected chi connectivity index (χ3v) is 5.26. The summed E-state index contributed by atoms with van der Waals surface area (Å²) in [4.78, 5) is 25.5. The van der Waals surface area contributed by atoms with Crippen LogP contribution in [0.5, 0.6) is 0 Å². The molecule has 0 aromatic carbocycles. The van der Waals surface area contributed by atoms with Crippen molar-refractivity contribution in [2.24, 2.45) is 5.92 Å². The van der Waals surface area contributed by atoms with E-state index in [-0.39, 0.29) is 17.8 Å². The number of nitrogens with one attached hydrogen (secondary N) is 2. The molecule has 1 aromatic rings. The summed E-state index contributed by atoms with van der Waals surface area (Å²) in [7, 11) is 0. The minimum absolute atomic E-state index is 0.0146. The van der Waals surface area contributed by atoms with Crippen molar-refractivity contribution < 1.29 is 19.2 Å². The molecule has 0 spiro atoms. The number of hydrogen-bond acceptors (Lipinski definition) is 4. The first kappa shape index (κ1) is 17.9. The lowest BCUT2D eigenvalue weighted by Gasteiger charge is -2.28. The van der Waals surface area contributed by atoms with E-state index in [0.29, 0.717) is 25.7 Å². The Bertz CT molecular complexity index is 595. The fraction of sp³-hybridized carbons (Fsp3) is 0.722. The Hall–Kier alpha value is -1.89. The summed E-state index contributed by atoms with van der Waals surface area (Å²) in [6.07, 6.45) is 8.27. The van der Waals surface area contributed by atoms with E-state index in [1.165, 1.54) is 12.8 Å². The Morgan fingerprint density at radius 2 is 2.12 bits per heavy atom. The van der Waals surface area contributed by atoms with Crippen LogP contribution >= 0.6 is 0 Å². The molecule has 2 aliphatic rings. The SMILES string of the molecule is CCOC(=O)[C@H]1CCC[NH+](CC(=O)Nc2ccnn2C2CCCC2)C1. The quantitative estimate of drug-likeness (QED) is 0.745. The fourth-order valence-corrected chi connectivity index (χ4v) is 4.04. The molecule has 0 bridgehead atoms. The summed E-state index contributed by atoms with van der Waals surface area (Å²) in [5, 5.41) is 7.40. The Labute approximate surface area is 148 Å². The van der Waals surface area contributed by atoms with Gasteiger partial charge < -0.3 is 15.0 Å². The average molecular weight is 349 g/mol. The summed E-state index contributed by atoms with van der Waals surface area (Å²) in [6, 6.07) is 2.27. The summed E-state index contributed by atoms with van der Waals surface area (Å²) in [5.41, 5.74) is 0. The van der Waals surface area contributed by atoms with Gasteiger partial charge in [0.1, 0.15) is 11.7 Å². The molecule has 138 valence electrons. The van der Waals surface area contributed by atoms with Gasteiger partial charge in [-0.05, 0) is 32.6 Å². The standard InChI is InChI=1S/C18H28N4O3/c1-2-25-18(24)14-6-5-11-21(12-14)13-17(23)20-16-9-10-19-22(16)15-7-3-4-8-15/h9-10,14-15H,2-8,11-13H2,1H3,(H,20,23)/p+1/t14-/m0/s1. The topological polar surface area (TPSA) is 77.7 Å². The zero-order chi connectivity index (χ0) is 17.6. The molecule has 1 aromatic heterocycles. The van der Waals surface area contributed by atoms with Crippen molar-refractivity contribution in [1.82, 2.24) is 9.78 Å². The molecule has 1 amide bonds. The molecule has 2 fully saturated rings. The molecular formula is C18H29N4O3+. The number of piperidine rings is 1. The van der Waals surface area contributed by atoms with Crippen LogP contribution in [-0.2, 0) is 14.3 Å². The molecular weight excluding hydrogens is 320 g/mol. The highest BCUT2D eigenvalue weighted by molar-refractivity contribution is 5.90. The minimum atomic E-state index is -0.126. The van der Waals surface area contributed by atoms with E-state index in [1.54, 1.807) is 6.20 Å². The molecule has 0 radical (unpaired) electrons. The van der Waals surface area contributed by atoms with Crippen molar-refractivity contribution >= 4 is 17.7 Å². The maximum absolute atomic E-state index is 12.5.